The third-order valence-electron chi connectivity index (χ3n) is 4.05. The molecule has 1 atom stereocenters. The zero-order valence-corrected chi connectivity index (χ0v) is 14.6. The number of nitro benzene ring substituents is 1. The van der Waals surface area contributed by atoms with E-state index >= 15 is 0 Å². The van der Waals surface area contributed by atoms with Crippen LogP contribution in [0.25, 0.3) is 10.9 Å². The van der Waals surface area contributed by atoms with E-state index in [-0.39, 0.29) is 6.42 Å². The lowest BCUT2D eigenvalue weighted by Crippen LogP contribution is -2.42. The maximum atomic E-state index is 12.6. The van der Waals surface area contributed by atoms with Gasteiger partial charge in [-0.1, -0.05) is 30.3 Å². The van der Waals surface area contributed by atoms with Gasteiger partial charge in [0.25, 0.3) is 5.69 Å². The Bertz CT molecular complexity index is 1120. The molecule has 0 spiro atoms. The van der Waals surface area contributed by atoms with Crippen LogP contribution < -0.4 is 4.72 Å². The number of rotatable bonds is 7. The molecule has 3 rings (SSSR count). The van der Waals surface area contributed by atoms with Crippen molar-refractivity contribution < 1.29 is 23.2 Å². The van der Waals surface area contributed by atoms with Gasteiger partial charge < -0.3 is 10.1 Å². The van der Waals surface area contributed by atoms with Gasteiger partial charge >= 0.3 is 5.97 Å². The molecule has 0 fully saturated rings. The van der Waals surface area contributed by atoms with Crippen molar-refractivity contribution in [2.45, 2.75) is 17.4 Å². The Morgan fingerprint density at radius 3 is 2.56 bits per heavy atom. The highest BCUT2D eigenvalue weighted by Gasteiger charge is 2.31. The van der Waals surface area contributed by atoms with E-state index in [1.807, 2.05) is 12.1 Å². The van der Waals surface area contributed by atoms with E-state index in [2.05, 4.69) is 9.71 Å². The second-order valence-electron chi connectivity index (χ2n) is 5.80. The van der Waals surface area contributed by atoms with Gasteiger partial charge in [-0.3, -0.25) is 14.9 Å². The Balaban J connectivity index is 1.93. The lowest BCUT2D eigenvalue weighted by atomic mass is 10.1. The predicted octanol–water partition coefficient (Wildman–Crippen LogP) is 2.05. The molecule has 0 saturated carbocycles. The van der Waals surface area contributed by atoms with Crippen LogP contribution in [0.3, 0.4) is 0 Å². The molecule has 1 aromatic heterocycles. The lowest BCUT2D eigenvalue weighted by Gasteiger charge is -2.14. The monoisotopic (exact) mass is 389 g/mol. The summed E-state index contributed by atoms with van der Waals surface area (Å²) in [4.78, 5) is 24.3. The zero-order chi connectivity index (χ0) is 19.6. The molecule has 9 nitrogen and oxygen atoms in total. The average molecular weight is 389 g/mol. The van der Waals surface area contributed by atoms with Crippen LogP contribution in [0.2, 0.25) is 0 Å². The Labute approximate surface area is 153 Å². The van der Waals surface area contributed by atoms with Crippen LogP contribution in [0.15, 0.2) is 59.6 Å². The second kappa shape index (κ2) is 7.17. The van der Waals surface area contributed by atoms with Crippen molar-refractivity contribution in [2.24, 2.45) is 0 Å². The fraction of sp³-hybridized carbons (Fsp3) is 0.118. The minimum atomic E-state index is -4.42. The van der Waals surface area contributed by atoms with Crippen molar-refractivity contribution in [3.63, 3.8) is 0 Å². The number of benzene rings is 2. The molecule has 3 aromatic rings. The predicted molar refractivity (Wildman–Crippen MR) is 96.8 cm³/mol. The minimum absolute atomic E-state index is 0.126. The number of para-hydroxylation sites is 2. The summed E-state index contributed by atoms with van der Waals surface area (Å²) in [5.41, 5.74) is 0.780. The van der Waals surface area contributed by atoms with Gasteiger partial charge in [-0.05, 0) is 17.7 Å². The number of nitro groups is 1. The van der Waals surface area contributed by atoms with Gasteiger partial charge in [0.1, 0.15) is 6.04 Å². The molecule has 1 heterocycles. The molecular weight excluding hydrogens is 374 g/mol. The number of fused-ring (bicyclic) bond motifs is 1. The van der Waals surface area contributed by atoms with E-state index in [0.717, 1.165) is 23.0 Å². The van der Waals surface area contributed by atoms with Gasteiger partial charge in [-0.2, -0.15) is 4.72 Å². The largest absolute Gasteiger partial charge is 0.480 e. The van der Waals surface area contributed by atoms with Crippen LogP contribution in [-0.4, -0.2) is 35.4 Å². The molecule has 0 bridgehead atoms. The number of aromatic amines is 1. The Morgan fingerprint density at radius 1 is 1.19 bits per heavy atom. The SMILES string of the molecule is O=C(O)[C@@H](Cc1c[nH]c2ccccc12)NS(=O)(=O)c1ccccc1[N+](=O)[O-]. The van der Waals surface area contributed by atoms with E-state index in [4.69, 9.17) is 0 Å². The number of aromatic nitrogens is 1. The average Bonchev–Trinajstić information content (AvgIpc) is 3.04. The number of carboxylic acid groups (broad SMARTS) is 1. The van der Waals surface area contributed by atoms with Crippen LogP contribution in [-0.2, 0) is 21.2 Å². The molecular formula is C17H15N3O6S. The summed E-state index contributed by atoms with van der Waals surface area (Å²) in [7, 11) is -4.42. The van der Waals surface area contributed by atoms with Gasteiger partial charge in [0, 0.05) is 29.6 Å². The number of aliphatic carboxylic acids is 1. The van der Waals surface area contributed by atoms with Crippen molar-refractivity contribution in [3.05, 3.63) is 70.4 Å². The first-order valence-electron chi connectivity index (χ1n) is 7.83. The summed E-state index contributed by atoms with van der Waals surface area (Å²) in [6.45, 7) is 0. The van der Waals surface area contributed by atoms with E-state index in [1.165, 1.54) is 12.1 Å². The van der Waals surface area contributed by atoms with Crippen LogP contribution in [0, 0.1) is 10.1 Å². The summed E-state index contributed by atoms with van der Waals surface area (Å²) < 4.78 is 27.2. The van der Waals surface area contributed by atoms with Gasteiger partial charge in [-0.25, -0.2) is 8.42 Å². The second-order valence-corrected chi connectivity index (χ2v) is 7.48. The smallest absolute Gasteiger partial charge is 0.322 e. The maximum Gasteiger partial charge on any atom is 0.322 e. The summed E-state index contributed by atoms with van der Waals surface area (Å²) in [6.07, 6.45) is 1.49. The van der Waals surface area contributed by atoms with Crippen LogP contribution in [0.4, 0.5) is 5.69 Å². The number of nitrogens with zero attached hydrogens (tertiary/aromatic N) is 1. The minimum Gasteiger partial charge on any atom is -0.480 e. The van der Waals surface area contributed by atoms with Crippen LogP contribution in [0.1, 0.15) is 5.56 Å². The highest BCUT2D eigenvalue weighted by atomic mass is 32.2. The molecule has 0 radical (unpaired) electrons. The normalized spacial score (nSPS) is 12.7. The van der Waals surface area contributed by atoms with Crippen molar-refractivity contribution >= 4 is 32.6 Å². The number of carbonyl (C=O) groups is 1. The van der Waals surface area contributed by atoms with Crippen molar-refractivity contribution in [2.75, 3.05) is 0 Å². The van der Waals surface area contributed by atoms with E-state index in [1.54, 1.807) is 18.3 Å². The third kappa shape index (κ3) is 3.81. The molecule has 0 amide bonds. The van der Waals surface area contributed by atoms with Gasteiger partial charge in [0.15, 0.2) is 4.90 Å². The number of hydrogen-bond acceptors (Lipinski definition) is 5. The van der Waals surface area contributed by atoms with Gasteiger partial charge in [0.2, 0.25) is 10.0 Å². The van der Waals surface area contributed by atoms with E-state index in [9.17, 15) is 28.4 Å². The standard InChI is InChI=1S/C17H15N3O6S/c21-17(22)14(9-11-10-18-13-6-2-1-5-12(11)13)19-27(25,26)16-8-4-3-7-15(16)20(23)24/h1-8,10,14,18-19H,9H2,(H,21,22)/t14-/m1/s1. The first-order chi connectivity index (χ1) is 12.8. The Kier molecular flexibility index (Phi) is 4.93. The highest BCUT2D eigenvalue weighted by molar-refractivity contribution is 7.89. The number of sulfonamides is 1. The Hall–Kier alpha value is -3.24. The fourth-order valence-electron chi connectivity index (χ4n) is 2.79. The molecule has 10 heteroatoms. The molecule has 0 aliphatic heterocycles. The first-order valence-corrected chi connectivity index (χ1v) is 9.31. The van der Waals surface area contributed by atoms with Crippen LogP contribution in [0.5, 0.6) is 0 Å². The summed E-state index contributed by atoms with van der Waals surface area (Å²) in [6, 6.07) is 10.5. The number of nitrogens with one attached hydrogen (secondary N) is 2. The van der Waals surface area contributed by atoms with Crippen molar-refractivity contribution in [1.29, 1.82) is 0 Å². The highest BCUT2D eigenvalue weighted by Crippen LogP contribution is 2.24. The number of hydrogen-bond donors (Lipinski definition) is 3. The maximum absolute atomic E-state index is 12.6. The van der Waals surface area contributed by atoms with E-state index in [0.29, 0.717) is 5.56 Å². The molecule has 27 heavy (non-hydrogen) atoms. The quantitative estimate of drug-likeness (QED) is 0.417. The molecule has 0 aliphatic carbocycles. The molecule has 2 aromatic carbocycles. The van der Waals surface area contributed by atoms with E-state index < -0.39 is 37.5 Å². The third-order valence-corrected chi connectivity index (χ3v) is 5.57. The number of carboxylic acids is 1. The molecule has 3 N–H and O–H groups in total. The summed E-state index contributed by atoms with van der Waals surface area (Å²) >= 11 is 0. The molecule has 140 valence electrons. The molecule has 0 unspecified atom stereocenters. The fourth-order valence-corrected chi connectivity index (χ4v) is 4.15. The van der Waals surface area contributed by atoms with Gasteiger partial charge in [0.05, 0.1) is 4.92 Å². The summed E-state index contributed by atoms with van der Waals surface area (Å²) in [5.74, 6) is -1.39. The first kappa shape index (κ1) is 18.5. The van der Waals surface area contributed by atoms with Crippen molar-refractivity contribution in [1.82, 2.24) is 9.71 Å². The zero-order valence-electron chi connectivity index (χ0n) is 13.8. The molecule has 0 aliphatic rings. The van der Waals surface area contributed by atoms with Gasteiger partial charge in [-0.15, -0.1) is 0 Å². The van der Waals surface area contributed by atoms with Crippen molar-refractivity contribution in [3.8, 4) is 0 Å². The Morgan fingerprint density at radius 2 is 1.85 bits per heavy atom. The number of H-pyrrole nitrogens is 1. The molecule has 0 saturated heterocycles. The summed E-state index contributed by atoms with van der Waals surface area (Å²) in [5, 5.41) is 21.3. The topological polar surface area (TPSA) is 142 Å². The van der Waals surface area contributed by atoms with Crippen LogP contribution >= 0.6 is 0 Å². The lowest BCUT2D eigenvalue weighted by molar-refractivity contribution is -0.387.